The molecular weight excluding hydrogens is 226 g/mol. The molecule has 0 spiro atoms. The van der Waals surface area contributed by atoms with E-state index in [4.69, 9.17) is 21.6 Å². The first kappa shape index (κ1) is 12.5. The van der Waals surface area contributed by atoms with Crippen molar-refractivity contribution < 1.29 is 9.53 Å². The number of aryl methyl sites for hydroxylation is 1. The second-order valence-corrected chi connectivity index (χ2v) is 3.59. The Hall–Kier alpha value is -1.53. The normalized spacial score (nSPS) is 9.62. The van der Waals surface area contributed by atoms with Crippen molar-refractivity contribution >= 4 is 17.6 Å². The molecule has 84 valence electrons. The average molecular weight is 238 g/mol. The van der Waals surface area contributed by atoms with Gasteiger partial charge in [0.2, 0.25) is 0 Å². The quantitative estimate of drug-likeness (QED) is 0.760. The number of nitrogens with zero attached hydrogens (tertiary/aromatic N) is 1. The topological polar surface area (TPSA) is 50.1 Å². The van der Waals surface area contributed by atoms with E-state index < -0.39 is 5.97 Å². The lowest BCUT2D eigenvalue weighted by atomic mass is 10.0. The lowest BCUT2D eigenvalue weighted by Gasteiger charge is -2.07. The molecule has 0 aliphatic rings. The third-order valence-corrected chi connectivity index (χ3v) is 2.46. The van der Waals surface area contributed by atoms with Crippen molar-refractivity contribution in [2.75, 3.05) is 6.61 Å². The Morgan fingerprint density at radius 1 is 1.50 bits per heavy atom. The first-order chi connectivity index (χ1) is 7.63. The lowest BCUT2D eigenvalue weighted by molar-refractivity contribution is 0.0526. The maximum absolute atomic E-state index is 11.6. The number of carbonyl (C=O) groups is 1. The van der Waals surface area contributed by atoms with Crippen LogP contribution in [-0.4, -0.2) is 12.6 Å². The zero-order chi connectivity index (χ0) is 12.1. The van der Waals surface area contributed by atoms with Crippen molar-refractivity contribution in [1.82, 2.24) is 0 Å². The van der Waals surface area contributed by atoms with Crippen molar-refractivity contribution in [2.45, 2.75) is 20.3 Å². The summed E-state index contributed by atoms with van der Waals surface area (Å²) >= 11 is 5.97. The van der Waals surface area contributed by atoms with Crippen LogP contribution in [0.15, 0.2) is 12.1 Å². The molecule has 0 radical (unpaired) electrons. The van der Waals surface area contributed by atoms with E-state index in [2.05, 4.69) is 0 Å². The van der Waals surface area contributed by atoms with Crippen molar-refractivity contribution in [3.8, 4) is 6.07 Å². The zero-order valence-corrected chi connectivity index (χ0v) is 9.97. The number of rotatable bonds is 3. The molecule has 1 aromatic rings. The van der Waals surface area contributed by atoms with Gasteiger partial charge in [0.1, 0.15) is 6.07 Å². The standard InChI is InChI=1S/C12H12ClNO2/c1-3-8-5-9(7-14)11(10(13)6-8)12(15)16-4-2/h5-6H,3-4H2,1-2H3. The summed E-state index contributed by atoms with van der Waals surface area (Å²) in [4.78, 5) is 11.6. The van der Waals surface area contributed by atoms with E-state index in [0.717, 1.165) is 12.0 Å². The van der Waals surface area contributed by atoms with Crippen LogP contribution in [0.25, 0.3) is 0 Å². The summed E-state index contributed by atoms with van der Waals surface area (Å²) in [5.41, 5.74) is 1.35. The molecule has 3 nitrogen and oxygen atoms in total. The minimum absolute atomic E-state index is 0.156. The molecule has 0 saturated carbocycles. The number of halogens is 1. The Morgan fingerprint density at radius 3 is 2.69 bits per heavy atom. The van der Waals surface area contributed by atoms with Gasteiger partial charge in [0, 0.05) is 0 Å². The molecule has 0 bridgehead atoms. The molecule has 0 aliphatic heterocycles. The molecule has 1 rings (SSSR count). The number of ether oxygens (including phenoxy) is 1. The smallest absolute Gasteiger partial charge is 0.340 e. The van der Waals surface area contributed by atoms with Crippen LogP contribution in [0.3, 0.4) is 0 Å². The van der Waals surface area contributed by atoms with Crippen molar-refractivity contribution in [2.24, 2.45) is 0 Å². The van der Waals surface area contributed by atoms with Crippen molar-refractivity contribution in [3.63, 3.8) is 0 Å². The number of benzene rings is 1. The highest BCUT2D eigenvalue weighted by Gasteiger charge is 2.17. The third-order valence-electron chi connectivity index (χ3n) is 2.16. The molecule has 0 saturated heterocycles. The van der Waals surface area contributed by atoms with E-state index in [9.17, 15) is 4.79 Å². The van der Waals surface area contributed by atoms with Crippen LogP contribution in [0.5, 0.6) is 0 Å². The minimum atomic E-state index is -0.549. The third kappa shape index (κ3) is 2.53. The first-order valence-electron chi connectivity index (χ1n) is 5.03. The largest absolute Gasteiger partial charge is 0.462 e. The fourth-order valence-corrected chi connectivity index (χ4v) is 1.68. The summed E-state index contributed by atoms with van der Waals surface area (Å²) in [5, 5.41) is 9.24. The van der Waals surface area contributed by atoms with Crippen LogP contribution in [0.1, 0.15) is 35.3 Å². The van der Waals surface area contributed by atoms with Crippen LogP contribution in [-0.2, 0) is 11.2 Å². The van der Waals surface area contributed by atoms with E-state index in [1.807, 2.05) is 13.0 Å². The predicted octanol–water partition coefficient (Wildman–Crippen LogP) is 2.95. The Labute approximate surface area is 99.6 Å². The van der Waals surface area contributed by atoms with Gasteiger partial charge < -0.3 is 4.74 Å². The van der Waals surface area contributed by atoms with E-state index >= 15 is 0 Å². The second-order valence-electron chi connectivity index (χ2n) is 3.19. The highest BCUT2D eigenvalue weighted by molar-refractivity contribution is 6.34. The highest BCUT2D eigenvalue weighted by atomic mass is 35.5. The minimum Gasteiger partial charge on any atom is -0.462 e. The van der Waals surface area contributed by atoms with Crippen LogP contribution in [0, 0.1) is 11.3 Å². The molecule has 4 heteroatoms. The van der Waals surface area contributed by atoms with Crippen molar-refractivity contribution in [3.05, 3.63) is 33.8 Å². The Bertz CT molecular complexity index is 449. The molecule has 0 aromatic heterocycles. The Balaban J connectivity index is 3.28. The zero-order valence-electron chi connectivity index (χ0n) is 9.21. The Kier molecular flexibility index (Phi) is 4.33. The summed E-state index contributed by atoms with van der Waals surface area (Å²) in [6, 6.07) is 5.32. The van der Waals surface area contributed by atoms with Gasteiger partial charge in [-0.1, -0.05) is 18.5 Å². The Morgan fingerprint density at radius 2 is 2.19 bits per heavy atom. The second kappa shape index (κ2) is 5.53. The fourth-order valence-electron chi connectivity index (χ4n) is 1.37. The molecule has 1 aromatic carbocycles. The van der Waals surface area contributed by atoms with Gasteiger partial charge in [0.25, 0.3) is 0 Å². The number of carbonyl (C=O) groups excluding carboxylic acids is 1. The summed E-state index contributed by atoms with van der Waals surface area (Å²) in [6.45, 7) is 3.92. The molecule has 0 unspecified atom stereocenters. The number of esters is 1. The number of hydrogen-bond donors (Lipinski definition) is 0. The van der Waals surface area contributed by atoms with Gasteiger partial charge in [-0.15, -0.1) is 0 Å². The van der Waals surface area contributed by atoms with E-state index in [1.165, 1.54) is 0 Å². The van der Waals surface area contributed by atoms with Gasteiger partial charge >= 0.3 is 5.97 Å². The number of hydrogen-bond acceptors (Lipinski definition) is 3. The molecule has 0 N–H and O–H groups in total. The molecule has 0 aliphatic carbocycles. The fraction of sp³-hybridized carbons (Fsp3) is 0.333. The van der Waals surface area contributed by atoms with E-state index in [-0.39, 0.29) is 22.8 Å². The molecular formula is C12H12ClNO2. The molecule has 0 fully saturated rings. The van der Waals surface area contributed by atoms with Crippen LogP contribution in [0.4, 0.5) is 0 Å². The van der Waals surface area contributed by atoms with E-state index in [0.29, 0.717) is 0 Å². The summed E-state index contributed by atoms with van der Waals surface area (Å²) < 4.78 is 4.85. The van der Waals surface area contributed by atoms with Crippen molar-refractivity contribution in [1.29, 1.82) is 5.26 Å². The lowest BCUT2D eigenvalue weighted by Crippen LogP contribution is -2.08. The van der Waals surface area contributed by atoms with Gasteiger partial charge in [0.05, 0.1) is 22.8 Å². The van der Waals surface area contributed by atoms with Gasteiger partial charge in [-0.2, -0.15) is 5.26 Å². The first-order valence-corrected chi connectivity index (χ1v) is 5.41. The van der Waals surface area contributed by atoms with Crippen LogP contribution < -0.4 is 0 Å². The maximum atomic E-state index is 11.6. The van der Waals surface area contributed by atoms with Crippen LogP contribution in [0.2, 0.25) is 5.02 Å². The monoisotopic (exact) mass is 237 g/mol. The van der Waals surface area contributed by atoms with Crippen LogP contribution >= 0.6 is 11.6 Å². The molecule has 16 heavy (non-hydrogen) atoms. The van der Waals surface area contributed by atoms with Gasteiger partial charge in [-0.05, 0) is 31.0 Å². The highest BCUT2D eigenvalue weighted by Crippen LogP contribution is 2.23. The maximum Gasteiger partial charge on any atom is 0.340 e. The number of nitriles is 1. The van der Waals surface area contributed by atoms with Gasteiger partial charge in [-0.25, -0.2) is 4.79 Å². The molecule has 0 heterocycles. The SMILES string of the molecule is CCOC(=O)c1c(Cl)cc(CC)cc1C#N. The molecule has 0 atom stereocenters. The molecule has 0 amide bonds. The predicted molar refractivity (Wildman–Crippen MR) is 61.5 cm³/mol. The summed E-state index contributed by atoms with van der Waals surface area (Å²) in [5.74, 6) is -0.549. The summed E-state index contributed by atoms with van der Waals surface area (Å²) in [7, 11) is 0. The van der Waals surface area contributed by atoms with E-state index in [1.54, 1.807) is 19.1 Å². The summed E-state index contributed by atoms with van der Waals surface area (Å²) in [6.07, 6.45) is 0.761. The van der Waals surface area contributed by atoms with Gasteiger partial charge in [0.15, 0.2) is 0 Å². The average Bonchev–Trinajstić information content (AvgIpc) is 2.27. The van der Waals surface area contributed by atoms with Gasteiger partial charge in [-0.3, -0.25) is 0 Å².